The van der Waals surface area contributed by atoms with Crippen molar-refractivity contribution in [1.29, 1.82) is 0 Å². The van der Waals surface area contributed by atoms with E-state index >= 15 is 0 Å². The highest BCUT2D eigenvalue weighted by Crippen LogP contribution is 2.34. The van der Waals surface area contributed by atoms with Crippen LogP contribution in [0.25, 0.3) is 0 Å². The lowest BCUT2D eigenvalue weighted by Crippen LogP contribution is -2.51. The minimum atomic E-state index is -4.53. The zero-order valence-electron chi connectivity index (χ0n) is 10.0. The van der Waals surface area contributed by atoms with Crippen LogP contribution in [0.4, 0.5) is 13.2 Å². The van der Waals surface area contributed by atoms with Crippen molar-refractivity contribution in [3.63, 3.8) is 0 Å². The molecule has 1 atom stereocenters. The lowest BCUT2D eigenvalue weighted by atomic mass is 10.1. The minimum Gasteiger partial charge on any atom is -0.438 e. The molecule has 0 amide bonds. The van der Waals surface area contributed by atoms with Gasteiger partial charge in [-0.15, -0.1) is 5.10 Å². The third kappa shape index (κ3) is 2.14. The fourth-order valence-corrected chi connectivity index (χ4v) is 1.52. The summed E-state index contributed by atoms with van der Waals surface area (Å²) >= 11 is 0. The summed E-state index contributed by atoms with van der Waals surface area (Å²) in [6.07, 6.45) is -3.66. The number of benzene rings is 1. The van der Waals surface area contributed by atoms with E-state index < -0.39 is 11.9 Å². The number of nitrogens with zero attached hydrogens (tertiary/aromatic N) is 1. The van der Waals surface area contributed by atoms with Crippen LogP contribution in [-0.4, -0.2) is 17.8 Å². The molecule has 0 spiro atoms. The van der Waals surface area contributed by atoms with Crippen molar-refractivity contribution in [1.82, 2.24) is 5.43 Å². The van der Waals surface area contributed by atoms with E-state index in [2.05, 4.69) is 5.10 Å². The van der Waals surface area contributed by atoms with E-state index in [1.807, 2.05) is 24.5 Å². The molecule has 6 heteroatoms. The maximum absolute atomic E-state index is 12.7. The molecule has 1 N–H and O–H groups in total. The molecule has 0 saturated heterocycles. The second-order valence-electron chi connectivity index (χ2n) is 4.21. The topological polar surface area (TPSA) is 33.6 Å². The van der Waals surface area contributed by atoms with Crippen molar-refractivity contribution in [2.45, 2.75) is 32.2 Å². The van der Waals surface area contributed by atoms with Crippen LogP contribution in [0.15, 0.2) is 29.4 Å². The SMILES string of the molecule is CCc1ccc(C2=NNC(C)(C(F)(F)F)O2)cc1. The van der Waals surface area contributed by atoms with Gasteiger partial charge in [0.15, 0.2) is 0 Å². The third-order valence-electron chi connectivity index (χ3n) is 2.82. The number of rotatable bonds is 2. The molecule has 0 aliphatic carbocycles. The summed E-state index contributed by atoms with van der Waals surface area (Å²) in [7, 11) is 0. The molecule has 1 heterocycles. The van der Waals surface area contributed by atoms with Crippen LogP contribution >= 0.6 is 0 Å². The summed E-state index contributed by atoms with van der Waals surface area (Å²) in [4.78, 5) is 0. The number of hydrazone groups is 1. The Hall–Kier alpha value is -1.72. The van der Waals surface area contributed by atoms with Gasteiger partial charge in [0.05, 0.1) is 0 Å². The third-order valence-corrected chi connectivity index (χ3v) is 2.82. The fraction of sp³-hybridized carbons (Fsp3) is 0.417. The Bertz CT molecular complexity index is 467. The first-order valence-electron chi connectivity index (χ1n) is 5.55. The average molecular weight is 258 g/mol. The lowest BCUT2D eigenvalue weighted by molar-refractivity contribution is -0.250. The summed E-state index contributed by atoms with van der Waals surface area (Å²) in [5.74, 6) is -0.0440. The van der Waals surface area contributed by atoms with Gasteiger partial charge < -0.3 is 4.74 Å². The van der Waals surface area contributed by atoms with Crippen molar-refractivity contribution >= 4 is 5.90 Å². The van der Waals surface area contributed by atoms with Gasteiger partial charge >= 0.3 is 6.18 Å². The summed E-state index contributed by atoms with van der Waals surface area (Å²) < 4.78 is 43.0. The highest BCUT2D eigenvalue weighted by atomic mass is 19.4. The molecule has 18 heavy (non-hydrogen) atoms. The molecule has 0 bridgehead atoms. The number of aryl methyl sites for hydroxylation is 1. The second-order valence-corrected chi connectivity index (χ2v) is 4.21. The maximum Gasteiger partial charge on any atom is 0.449 e. The Morgan fingerprint density at radius 3 is 2.33 bits per heavy atom. The molecule has 0 aromatic heterocycles. The van der Waals surface area contributed by atoms with Gasteiger partial charge in [-0.05, 0) is 24.1 Å². The molecule has 3 nitrogen and oxygen atoms in total. The van der Waals surface area contributed by atoms with Crippen LogP contribution in [0.2, 0.25) is 0 Å². The summed E-state index contributed by atoms with van der Waals surface area (Å²) in [5.41, 5.74) is 1.16. The van der Waals surface area contributed by atoms with Crippen LogP contribution in [0.5, 0.6) is 0 Å². The molecule has 2 rings (SSSR count). The molecule has 1 unspecified atom stereocenters. The van der Waals surface area contributed by atoms with Gasteiger partial charge in [-0.3, -0.25) is 5.43 Å². The van der Waals surface area contributed by atoms with Gasteiger partial charge in [0.1, 0.15) is 0 Å². The first-order chi connectivity index (χ1) is 8.36. The molecule has 1 aromatic carbocycles. The lowest BCUT2D eigenvalue weighted by Gasteiger charge is -2.26. The molecule has 1 aromatic rings. The second kappa shape index (κ2) is 4.19. The maximum atomic E-state index is 12.7. The number of halogens is 3. The smallest absolute Gasteiger partial charge is 0.438 e. The van der Waals surface area contributed by atoms with Gasteiger partial charge in [0, 0.05) is 12.5 Å². The van der Waals surface area contributed by atoms with Crippen LogP contribution in [0.3, 0.4) is 0 Å². The molecule has 0 fully saturated rings. The standard InChI is InChI=1S/C12H13F3N2O/c1-3-8-4-6-9(7-5-8)10-16-17-11(2,18-10)12(13,14)15/h4-7,17H,3H2,1-2H3. The Kier molecular flexibility index (Phi) is 2.96. The van der Waals surface area contributed by atoms with Gasteiger partial charge in [0.2, 0.25) is 5.90 Å². The number of hydrogen-bond donors (Lipinski definition) is 1. The largest absolute Gasteiger partial charge is 0.449 e. The Morgan fingerprint density at radius 1 is 1.28 bits per heavy atom. The van der Waals surface area contributed by atoms with Crippen molar-refractivity contribution < 1.29 is 17.9 Å². The minimum absolute atomic E-state index is 0.0440. The van der Waals surface area contributed by atoms with Crippen molar-refractivity contribution in [3.8, 4) is 0 Å². The van der Waals surface area contributed by atoms with Gasteiger partial charge in [0.25, 0.3) is 5.72 Å². The molecular weight excluding hydrogens is 245 g/mol. The molecule has 1 aliphatic rings. The highest BCUT2D eigenvalue weighted by Gasteiger charge is 2.57. The zero-order chi connectivity index (χ0) is 13.4. The van der Waals surface area contributed by atoms with E-state index in [0.717, 1.165) is 18.9 Å². The number of ether oxygens (including phenoxy) is 1. The van der Waals surface area contributed by atoms with Crippen molar-refractivity contribution in [2.75, 3.05) is 0 Å². The molecule has 0 saturated carbocycles. The summed E-state index contributed by atoms with van der Waals surface area (Å²) in [6, 6.07) is 7.07. The van der Waals surface area contributed by atoms with E-state index in [-0.39, 0.29) is 5.90 Å². The number of hydrogen-bond acceptors (Lipinski definition) is 3. The normalized spacial score (nSPS) is 23.3. The quantitative estimate of drug-likeness (QED) is 0.885. The predicted molar refractivity (Wildman–Crippen MR) is 61.0 cm³/mol. The Labute approximate surface area is 103 Å². The van der Waals surface area contributed by atoms with Gasteiger partial charge in [-0.25, -0.2) is 0 Å². The zero-order valence-corrected chi connectivity index (χ0v) is 10.0. The number of nitrogens with one attached hydrogen (secondary N) is 1. The van der Waals surface area contributed by atoms with E-state index in [9.17, 15) is 13.2 Å². The molecule has 0 radical (unpaired) electrons. The summed E-state index contributed by atoms with van der Waals surface area (Å²) in [5, 5.41) is 3.61. The molecule has 1 aliphatic heterocycles. The van der Waals surface area contributed by atoms with E-state index in [4.69, 9.17) is 4.74 Å². The first kappa shape index (κ1) is 12.7. The van der Waals surface area contributed by atoms with Crippen LogP contribution in [0, 0.1) is 0 Å². The predicted octanol–water partition coefficient (Wildman–Crippen LogP) is 2.81. The van der Waals surface area contributed by atoms with Gasteiger partial charge in [-0.2, -0.15) is 13.2 Å². The van der Waals surface area contributed by atoms with Crippen LogP contribution in [-0.2, 0) is 11.2 Å². The van der Waals surface area contributed by atoms with E-state index in [1.54, 1.807) is 12.1 Å². The van der Waals surface area contributed by atoms with Gasteiger partial charge in [-0.1, -0.05) is 19.1 Å². The Balaban J connectivity index is 2.17. The summed E-state index contributed by atoms with van der Waals surface area (Å²) in [6.45, 7) is 2.91. The first-order valence-corrected chi connectivity index (χ1v) is 5.55. The highest BCUT2D eigenvalue weighted by molar-refractivity contribution is 5.95. The van der Waals surface area contributed by atoms with E-state index in [0.29, 0.717) is 5.56 Å². The molecule has 98 valence electrons. The fourth-order valence-electron chi connectivity index (χ4n) is 1.52. The molecular formula is C12H13F3N2O. The monoisotopic (exact) mass is 258 g/mol. The number of alkyl halides is 3. The average Bonchev–Trinajstić information content (AvgIpc) is 2.73. The van der Waals surface area contributed by atoms with Crippen molar-refractivity contribution in [3.05, 3.63) is 35.4 Å². The Morgan fingerprint density at radius 2 is 1.89 bits per heavy atom. The van der Waals surface area contributed by atoms with Crippen LogP contribution < -0.4 is 5.43 Å². The van der Waals surface area contributed by atoms with Crippen LogP contribution in [0.1, 0.15) is 25.0 Å². The van der Waals surface area contributed by atoms with Crippen molar-refractivity contribution in [2.24, 2.45) is 5.10 Å². The van der Waals surface area contributed by atoms with E-state index in [1.165, 1.54) is 0 Å².